The van der Waals surface area contributed by atoms with Crippen molar-refractivity contribution in [3.05, 3.63) is 18.2 Å². The van der Waals surface area contributed by atoms with Crippen molar-refractivity contribution >= 4 is 0 Å². The fourth-order valence-corrected chi connectivity index (χ4v) is 2.80. The highest BCUT2D eigenvalue weighted by molar-refractivity contribution is 4.98. The maximum Gasteiger partial charge on any atom is 0.0948 e. The summed E-state index contributed by atoms with van der Waals surface area (Å²) in [5, 5.41) is 3.48. The summed E-state index contributed by atoms with van der Waals surface area (Å²) in [6.45, 7) is 11.1. The van der Waals surface area contributed by atoms with Crippen molar-refractivity contribution in [2.45, 2.75) is 39.8 Å². The molecule has 0 bridgehead atoms. The van der Waals surface area contributed by atoms with Gasteiger partial charge in [-0.1, -0.05) is 6.92 Å². The van der Waals surface area contributed by atoms with E-state index in [9.17, 15) is 0 Å². The third kappa shape index (κ3) is 3.56. The minimum atomic E-state index is 0.816. The summed E-state index contributed by atoms with van der Waals surface area (Å²) < 4.78 is 2.24. The lowest BCUT2D eigenvalue weighted by Gasteiger charge is -2.32. The van der Waals surface area contributed by atoms with Gasteiger partial charge in [0.1, 0.15) is 0 Å². The molecule has 0 saturated carbocycles. The predicted molar refractivity (Wildman–Crippen MR) is 74.4 cm³/mol. The van der Waals surface area contributed by atoms with Crippen molar-refractivity contribution in [2.24, 2.45) is 5.92 Å². The number of nitrogens with zero attached hydrogens (tertiary/aromatic N) is 3. The van der Waals surface area contributed by atoms with Gasteiger partial charge in [0.15, 0.2) is 0 Å². The van der Waals surface area contributed by atoms with Crippen LogP contribution in [0, 0.1) is 5.92 Å². The van der Waals surface area contributed by atoms with Crippen LogP contribution in [0.2, 0.25) is 0 Å². The van der Waals surface area contributed by atoms with Crippen molar-refractivity contribution in [3.63, 3.8) is 0 Å². The van der Waals surface area contributed by atoms with Crippen LogP contribution in [0.1, 0.15) is 32.4 Å². The van der Waals surface area contributed by atoms with Crippen molar-refractivity contribution in [1.29, 1.82) is 0 Å². The highest BCUT2D eigenvalue weighted by atomic mass is 15.2. The van der Waals surface area contributed by atoms with Crippen LogP contribution in [0.15, 0.2) is 12.5 Å². The summed E-state index contributed by atoms with van der Waals surface area (Å²) in [7, 11) is 0. The Morgan fingerprint density at radius 1 is 1.44 bits per heavy atom. The Labute approximate surface area is 110 Å². The predicted octanol–water partition coefficient (Wildman–Crippen LogP) is 1.72. The molecule has 1 N–H and O–H groups in total. The third-order valence-electron chi connectivity index (χ3n) is 3.81. The van der Waals surface area contributed by atoms with Gasteiger partial charge >= 0.3 is 0 Å². The van der Waals surface area contributed by atoms with Crippen LogP contribution < -0.4 is 5.32 Å². The summed E-state index contributed by atoms with van der Waals surface area (Å²) in [6, 6.07) is 0. The molecule has 2 rings (SSSR count). The third-order valence-corrected chi connectivity index (χ3v) is 3.81. The van der Waals surface area contributed by atoms with Crippen LogP contribution in [0.4, 0.5) is 0 Å². The zero-order chi connectivity index (χ0) is 12.8. The van der Waals surface area contributed by atoms with Gasteiger partial charge in [0.2, 0.25) is 0 Å². The molecule has 1 atom stereocenters. The molecule has 1 aromatic rings. The standard InChI is InChI=1S/C14H26N4/c1-3-15-8-13-6-5-7-17(10-13)11-14-9-16-12-18(14)4-2/h9,12-13,15H,3-8,10-11H2,1-2H3. The number of likely N-dealkylation sites (tertiary alicyclic amines) is 1. The molecule has 0 amide bonds. The lowest BCUT2D eigenvalue weighted by molar-refractivity contribution is 0.162. The van der Waals surface area contributed by atoms with Gasteiger partial charge < -0.3 is 9.88 Å². The van der Waals surface area contributed by atoms with Gasteiger partial charge in [-0.25, -0.2) is 4.98 Å². The van der Waals surface area contributed by atoms with Crippen LogP contribution in [-0.4, -0.2) is 40.6 Å². The van der Waals surface area contributed by atoms with Gasteiger partial charge in [-0.2, -0.15) is 0 Å². The average Bonchev–Trinajstić information content (AvgIpc) is 2.84. The molecular weight excluding hydrogens is 224 g/mol. The van der Waals surface area contributed by atoms with E-state index in [1.165, 1.54) is 38.2 Å². The number of aryl methyl sites for hydroxylation is 1. The van der Waals surface area contributed by atoms with E-state index in [2.05, 4.69) is 33.6 Å². The number of imidazole rings is 1. The fraction of sp³-hybridized carbons (Fsp3) is 0.786. The van der Waals surface area contributed by atoms with Crippen LogP contribution in [0.5, 0.6) is 0 Å². The number of nitrogens with one attached hydrogen (secondary N) is 1. The van der Waals surface area contributed by atoms with E-state index in [1.54, 1.807) is 0 Å². The van der Waals surface area contributed by atoms with Crippen molar-refractivity contribution < 1.29 is 0 Å². The van der Waals surface area contributed by atoms with E-state index in [0.29, 0.717) is 0 Å². The Bertz CT molecular complexity index is 347. The van der Waals surface area contributed by atoms with Crippen LogP contribution in [-0.2, 0) is 13.1 Å². The quantitative estimate of drug-likeness (QED) is 0.834. The fourth-order valence-electron chi connectivity index (χ4n) is 2.80. The van der Waals surface area contributed by atoms with Gasteiger partial charge in [0.25, 0.3) is 0 Å². The molecule has 1 fully saturated rings. The zero-order valence-corrected chi connectivity index (χ0v) is 11.7. The second-order valence-electron chi connectivity index (χ2n) is 5.22. The Hall–Kier alpha value is -0.870. The van der Waals surface area contributed by atoms with E-state index >= 15 is 0 Å². The first-order chi connectivity index (χ1) is 8.83. The largest absolute Gasteiger partial charge is 0.334 e. The Balaban J connectivity index is 1.85. The molecule has 1 aromatic heterocycles. The molecule has 0 aliphatic carbocycles. The number of aromatic nitrogens is 2. The van der Waals surface area contributed by atoms with Crippen molar-refractivity contribution in [2.75, 3.05) is 26.2 Å². The lowest BCUT2D eigenvalue weighted by Crippen LogP contribution is -2.39. The smallest absolute Gasteiger partial charge is 0.0948 e. The molecule has 1 unspecified atom stereocenters. The number of hydrogen-bond acceptors (Lipinski definition) is 3. The highest BCUT2D eigenvalue weighted by Crippen LogP contribution is 2.18. The molecule has 1 aliphatic heterocycles. The second-order valence-corrected chi connectivity index (χ2v) is 5.22. The van der Waals surface area contributed by atoms with Gasteiger partial charge in [-0.3, -0.25) is 4.90 Å². The molecule has 1 saturated heterocycles. The van der Waals surface area contributed by atoms with Gasteiger partial charge in [-0.15, -0.1) is 0 Å². The number of rotatable bonds is 6. The Morgan fingerprint density at radius 3 is 3.11 bits per heavy atom. The van der Waals surface area contributed by atoms with Crippen molar-refractivity contribution in [3.8, 4) is 0 Å². The summed E-state index contributed by atoms with van der Waals surface area (Å²) >= 11 is 0. The topological polar surface area (TPSA) is 33.1 Å². The molecule has 0 aromatic carbocycles. The van der Waals surface area contributed by atoms with E-state index in [4.69, 9.17) is 0 Å². The lowest BCUT2D eigenvalue weighted by atomic mass is 9.98. The Kier molecular flexibility index (Phi) is 5.20. The molecule has 0 spiro atoms. The molecule has 2 heterocycles. The van der Waals surface area contributed by atoms with E-state index in [1.807, 2.05) is 12.5 Å². The summed E-state index contributed by atoms with van der Waals surface area (Å²) in [4.78, 5) is 6.83. The monoisotopic (exact) mass is 250 g/mol. The second kappa shape index (κ2) is 6.90. The normalized spacial score (nSPS) is 21.3. The molecule has 18 heavy (non-hydrogen) atoms. The summed E-state index contributed by atoms with van der Waals surface area (Å²) in [6.07, 6.45) is 6.65. The SMILES string of the molecule is CCNCC1CCCN(Cc2cncn2CC)C1. The van der Waals surface area contributed by atoms with Crippen LogP contribution in [0.3, 0.4) is 0 Å². The van der Waals surface area contributed by atoms with Gasteiger partial charge in [0.05, 0.1) is 12.0 Å². The van der Waals surface area contributed by atoms with E-state index in [-0.39, 0.29) is 0 Å². The first kappa shape index (κ1) is 13.6. The summed E-state index contributed by atoms with van der Waals surface area (Å²) in [5.41, 5.74) is 1.35. The zero-order valence-electron chi connectivity index (χ0n) is 11.7. The number of hydrogen-bond donors (Lipinski definition) is 1. The molecular formula is C14H26N4. The highest BCUT2D eigenvalue weighted by Gasteiger charge is 2.20. The maximum atomic E-state index is 4.25. The van der Waals surface area contributed by atoms with Crippen LogP contribution in [0.25, 0.3) is 0 Å². The number of piperidine rings is 1. The van der Waals surface area contributed by atoms with Crippen molar-refractivity contribution in [1.82, 2.24) is 19.8 Å². The van der Waals surface area contributed by atoms with Gasteiger partial charge in [-0.05, 0) is 45.3 Å². The molecule has 1 aliphatic rings. The average molecular weight is 250 g/mol. The Morgan fingerprint density at radius 2 is 2.33 bits per heavy atom. The first-order valence-electron chi connectivity index (χ1n) is 7.25. The first-order valence-corrected chi connectivity index (χ1v) is 7.25. The maximum absolute atomic E-state index is 4.25. The molecule has 0 radical (unpaired) electrons. The minimum Gasteiger partial charge on any atom is -0.334 e. The molecule has 102 valence electrons. The van der Waals surface area contributed by atoms with E-state index < -0.39 is 0 Å². The van der Waals surface area contributed by atoms with Crippen LogP contribution >= 0.6 is 0 Å². The minimum absolute atomic E-state index is 0.816. The molecule has 4 nitrogen and oxygen atoms in total. The van der Waals surface area contributed by atoms with E-state index in [0.717, 1.165) is 25.6 Å². The molecule has 4 heteroatoms. The van der Waals surface area contributed by atoms with Gasteiger partial charge in [0, 0.05) is 25.8 Å². The summed E-state index contributed by atoms with van der Waals surface area (Å²) in [5.74, 6) is 0.816.